The summed E-state index contributed by atoms with van der Waals surface area (Å²) in [5, 5.41) is 7.92. The van der Waals surface area contributed by atoms with Crippen LogP contribution in [-0.2, 0) is 13.0 Å². The van der Waals surface area contributed by atoms with Crippen LogP contribution in [-0.4, -0.2) is 15.7 Å². The second kappa shape index (κ2) is 7.32. The van der Waals surface area contributed by atoms with Crippen LogP contribution < -0.4 is 5.32 Å². The van der Waals surface area contributed by atoms with E-state index in [2.05, 4.69) is 22.5 Å². The first kappa shape index (κ1) is 16.3. The van der Waals surface area contributed by atoms with Crippen LogP contribution in [0.1, 0.15) is 28.5 Å². The van der Waals surface area contributed by atoms with E-state index in [0.29, 0.717) is 22.8 Å². The number of nitrogens with one attached hydrogen (secondary N) is 1. The van der Waals surface area contributed by atoms with Gasteiger partial charge in [-0.1, -0.05) is 48.9 Å². The van der Waals surface area contributed by atoms with E-state index < -0.39 is 0 Å². The molecule has 2 aromatic carbocycles. The lowest BCUT2D eigenvalue weighted by molar-refractivity contribution is 0.102. The van der Waals surface area contributed by atoms with Gasteiger partial charge in [-0.25, -0.2) is 0 Å². The fraction of sp³-hybridized carbons (Fsp3) is 0.158. The van der Waals surface area contributed by atoms with Crippen molar-refractivity contribution in [3.63, 3.8) is 0 Å². The van der Waals surface area contributed by atoms with Crippen molar-refractivity contribution in [3.05, 3.63) is 82.6 Å². The zero-order chi connectivity index (χ0) is 16.9. The lowest BCUT2D eigenvalue weighted by atomic mass is 10.1. The second-order valence-corrected chi connectivity index (χ2v) is 5.90. The van der Waals surface area contributed by atoms with Gasteiger partial charge >= 0.3 is 0 Å². The van der Waals surface area contributed by atoms with Crippen molar-refractivity contribution in [2.24, 2.45) is 0 Å². The van der Waals surface area contributed by atoms with Gasteiger partial charge in [0.25, 0.3) is 5.91 Å². The van der Waals surface area contributed by atoms with E-state index in [9.17, 15) is 4.79 Å². The largest absolute Gasteiger partial charge is 0.322 e. The molecule has 3 aromatic rings. The minimum absolute atomic E-state index is 0.159. The minimum atomic E-state index is -0.159. The predicted molar refractivity (Wildman–Crippen MR) is 96.6 cm³/mol. The van der Waals surface area contributed by atoms with Gasteiger partial charge in [0, 0.05) is 10.7 Å². The molecule has 5 heteroatoms. The van der Waals surface area contributed by atoms with E-state index in [0.717, 1.165) is 17.7 Å². The van der Waals surface area contributed by atoms with Crippen LogP contribution in [0.25, 0.3) is 0 Å². The highest BCUT2D eigenvalue weighted by Gasteiger charge is 2.16. The molecule has 0 bridgehead atoms. The fourth-order valence-electron chi connectivity index (χ4n) is 2.60. The molecule has 3 rings (SSSR count). The number of carbonyl (C=O) groups excluding carboxylic acids is 1. The summed E-state index contributed by atoms with van der Waals surface area (Å²) in [6.07, 6.45) is 2.36. The zero-order valence-corrected chi connectivity index (χ0v) is 14.1. The van der Waals surface area contributed by atoms with Crippen molar-refractivity contribution in [2.75, 3.05) is 5.32 Å². The molecule has 1 N–H and O–H groups in total. The standard InChI is InChI=1S/C19H18ClN3O/c1-2-18-17(19(24)22-16-10-8-15(20)9-11-16)12-21-23(18)13-14-6-4-3-5-7-14/h3-12H,2,13H2,1H3,(H,22,24). The van der Waals surface area contributed by atoms with E-state index in [4.69, 9.17) is 11.6 Å². The molecule has 0 radical (unpaired) electrons. The summed E-state index contributed by atoms with van der Waals surface area (Å²) in [5.74, 6) is -0.159. The molecule has 0 spiro atoms. The number of hydrogen-bond acceptors (Lipinski definition) is 2. The maximum Gasteiger partial charge on any atom is 0.259 e. The van der Waals surface area contributed by atoms with Crippen LogP contribution in [0.15, 0.2) is 60.8 Å². The molecule has 0 aliphatic rings. The normalized spacial score (nSPS) is 10.6. The first-order valence-corrected chi connectivity index (χ1v) is 8.20. The summed E-state index contributed by atoms with van der Waals surface area (Å²) in [7, 11) is 0. The van der Waals surface area contributed by atoms with Gasteiger partial charge in [0.15, 0.2) is 0 Å². The van der Waals surface area contributed by atoms with Crippen molar-refractivity contribution < 1.29 is 4.79 Å². The average molecular weight is 340 g/mol. The zero-order valence-electron chi connectivity index (χ0n) is 13.4. The van der Waals surface area contributed by atoms with Crippen LogP contribution in [0.5, 0.6) is 0 Å². The quantitative estimate of drug-likeness (QED) is 0.749. The first-order chi connectivity index (χ1) is 11.7. The molecular weight excluding hydrogens is 322 g/mol. The van der Waals surface area contributed by atoms with Crippen LogP contribution in [0.3, 0.4) is 0 Å². The monoisotopic (exact) mass is 339 g/mol. The Morgan fingerprint density at radius 3 is 2.50 bits per heavy atom. The summed E-state index contributed by atoms with van der Waals surface area (Å²) < 4.78 is 1.88. The Balaban J connectivity index is 1.80. The summed E-state index contributed by atoms with van der Waals surface area (Å²) in [5.41, 5.74) is 3.39. The Morgan fingerprint density at radius 1 is 1.12 bits per heavy atom. The number of benzene rings is 2. The van der Waals surface area contributed by atoms with Crippen LogP contribution in [0.2, 0.25) is 5.02 Å². The molecule has 0 fully saturated rings. The molecule has 0 atom stereocenters. The molecule has 24 heavy (non-hydrogen) atoms. The molecule has 4 nitrogen and oxygen atoms in total. The number of carbonyl (C=O) groups is 1. The Labute approximate surface area is 146 Å². The van der Waals surface area contributed by atoms with Gasteiger partial charge in [-0.05, 0) is 36.2 Å². The average Bonchev–Trinajstić information content (AvgIpc) is 3.00. The maximum absolute atomic E-state index is 12.5. The number of anilines is 1. The number of nitrogens with zero attached hydrogens (tertiary/aromatic N) is 2. The van der Waals surface area contributed by atoms with Crippen molar-refractivity contribution in [2.45, 2.75) is 19.9 Å². The van der Waals surface area contributed by atoms with E-state index >= 15 is 0 Å². The molecule has 0 aliphatic carbocycles. The van der Waals surface area contributed by atoms with E-state index in [1.54, 1.807) is 30.5 Å². The molecule has 0 aliphatic heterocycles. The van der Waals surface area contributed by atoms with Crippen LogP contribution >= 0.6 is 11.6 Å². The molecule has 1 heterocycles. The maximum atomic E-state index is 12.5. The van der Waals surface area contributed by atoms with Gasteiger partial charge in [-0.2, -0.15) is 5.10 Å². The third-order valence-corrected chi connectivity index (χ3v) is 4.06. The van der Waals surface area contributed by atoms with Gasteiger partial charge in [-0.15, -0.1) is 0 Å². The summed E-state index contributed by atoms with van der Waals surface area (Å²) in [4.78, 5) is 12.5. The minimum Gasteiger partial charge on any atom is -0.322 e. The Kier molecular flexibility index (Phi) is 4.96. The summed E-state index contributed by atoms with van der Waals surface area (Å²) in [6.45, 7) is 2.68. The third kappa shape index (κ3) is 3.66. The highest BCUT2D eigenvalue weighted by Crippen LogP contribution is 2.17. The molecule has 0 unspecified atom stereocenters. The Morgan fingerprint density at radius 2 is 1.83 bits per heavy atom. The topological polar surface area (TPSA) is 46.9 Å². The number of amides is 1. The smallest absolute Gasteiger partial charge is 0.259 e. The summed E-state index contributed by atoms with van der Waals surface area (Å²) >= 11 is 5.87. The fourth-order valence-corrected chi connectivity index (χ4v) is 2.72. The predicted octanol–water partition coefficient (Wildman–Crippen LogP) is 4.40. The highest BCUT2D eigenvalue weighted by molar-refractivity contribution is 6.30. The van der Waals surface area contributed by atoms with Crippen LogP contribution in [0, 0.1) is 0 Å². The lowest BCUT2D eigenvalue weighted by Crippen LogP contribution is -2.15. The lowest BCUT2D eigenvalue weighted by Gasteiger charge is -2.09. The molecule has 0 saturated heterocycles. The summed E-state index contributed by atoms with van der Waals surface area (Å²) in [6, 6.07) is 17.1. The highest BCUT2D eigenvalue weighted by atomic mass is 35.5. The number of hydrogen-bond donors (Lipinski definition) is 1. The van der Waals surface area contributed by atoms with E-state index in [-0.39, 0.29) is 5.91 Å². The number of rotatable bonds is 5. The Bertz CT molecular complexity index is 826. The molecule has 1 amide bonds. The molecule has 122 valence electrons. The van der Waals surface area contributed by atoms with Gasteiger partial charge in [0.2, 0.25) is 0 Å². The SMILES string of the molecule is CCc1c(C(=O)Nc2ccc(Cl)cc2)cnn1Cc1ccccc1. The third-order valence-electron chi connectivity index (χ3n) is 3.81. The van der Waals surface area contributed by atoms with Gasteiger partial charge in [0.1, 0.15) is 0 Å². The van der Waals surface area contributed by atoms with Crippen molar-refractivity contribution in [1.82, 2.24) is 9.78 Å². The van der Waals surface area contributed by atoms with E-state index in [1.165, 1.54) is 0 Å². The Hall–Kier alpha value is -2.59. The van der Waals surface area contributed by atoms with Crippen molar-refractivity contribution in [3.8, 4) is 0 Å². The molecule has 0 saturated carbocycles. The van der Waals surface area contributed by atoms with Gasteiger partial charge in [-0.3, -0.25) is 9.48 Å². The molecule has 1 aromatic heterocycles. The van der Waals surface area contributed by atoms with Gasteiger partial charge in [0.05, 0.1) is 24.0 Å². The number of aromatic nitrogens is 2. The van der Waals surface area contributed by atoms with Crippen molar-refractivity contribution in [1.29, 1.82) is 0 Å². The molecular formula is C19H18ClN3O. The van der Waals surface area contributed by atoms with Crippen molar-refractivity contribution >= 4 is 23.2 Å². The van der Waals surface area contributed by atoms with Crippen LogP contribution in [0.4, 0.5) is 5.69 Å². The first-order valence-electron chi connectivity index (χ1n) is 7.83. The second-order valence-electron chi connectivity index (χ2n) is 5.46. The van der Waals surface area contributed by atoms with Gasteiger partial charge < -0.3 is 5.32 Å². The van der Waals surface area contributed by atoms with E-state index in [1.807, 2.05) is 29.8 Å². The number of halogens is 1.